The predicted octanol–water partition coefficient (Wildman–Crippen LogP) is 1.84. The van der Waals surface area contributed by atoms with Gasteiger partial charge in [0.05, 0.1) is 11.3 Å². The first-order chi connectivity index (χ1) is 7.16. The van der Waals surface area contributed by atoms with E-state index in [9.17, 15) is 14.9 Å². The summed E-state index contributed by atoms with van der Waals surface area (Å²) in [6, 6.07) is 4.70. The summed E-state index contributed by atoms with van der Waals surface area (Å²) in [6.07, 6.45) is 0.835. The first-order valence-electron chi connectivity index (χ1n) is 4.33. The van der Waals surface area contributed by atoms with Crippen LogP contribution >= 0.6 is 0 Å². The second kappa shape index (κ2) is 4.91. The molecule has 4 heteroatoms. The van der Waals surface area contributed by atoms with Crippen LogP contribution in [0.15, 0.2) is 18.2 Å². The van der Waals surface area contributed by atoms with Gasteiger partial charge < -0.3 is 4.79 Å². The van der Waals surface area contributed by atoms with Crippen molar-refractivity contribution in [2.45, 2.75) is 13.3 Å². The average Bonchev–Trinajstić information content (AvgIpc) is 2.20. The van der Waals surface area contributed by atoms with Crippen LogP contribution in [-0.4, -0.2) is 11.2 Å². The summed E-state index contributed by atoms with van der Waals surface area (Å²) in [5, 5.41) is 10.6. The third-order valence-corrected chi connectivity index (χ3v) is 1.91. The van der Waals surface area contributed by atoms with Gasteiger partial charge in [-0.1, -0.05) is 17.9 Å². The Morgan fingerprint density at radius 3 is 2.87 bits per heavy atom. The highest BCUT2D eigenvalue weighted by atomic mass is 16.6. The second-order valence-electron chi connectivity index (χ2n) is 2.88. The van der Waals surface area contributed by atoms with Crippen molar-refractivity contribution in [2.75, 3.05) is 0 Å². The number of aldehydes is 1. The van der Waals surface area contributed by atoms with Gasteiger partial charge in [0, 0.05) is 17.2 Å². The van der Waals surface area contributed by atoms with E-state index in [-0.39, 0.29) is 12.1 Å². The lowest BCUT2D eigenvalue weighted by molar-refractivity contribution is -0.385. The number of hydrogen-bond donors (Lipinski definition) is 0. The molecule has 1 aromatic rings. The Morgan fingerprint density at radius 2 is 2.27 bits per heavy atom. The van der Waals surface area contributed by atoms with Gasteiger partial charge in [-0.2, -0.15) is 0 Å². The summed E-state index contributed by atoms with van der Waals surface area (Å²) in [5.74, 6) is 5.34. The summed E-state index contributed by atoms with van der Waals surface area (Å²) in [5.41, 5.74) is 1.17. The molecule has 1 aromatic carbocycles. The minimum atomic E-state index is -0.444. The first kappa shape index (κ1) is 10.9. The van der Waals surface area contributed by atoms with Crippen molar-refractivity contribution in [1.82, 2.24) is 0 Å². The molecule has 0 heterocycles. The summed E-state index contributed by atoms with van der Waals surface area (Å²) in [7, 11) is 0. The van der Waals surface area contributed by atoms with Gasteiger partial charge in [-0.05, 0) is 13.0 Å². The molecule has 15 heavy (non-hydrogen) atoms. The Labute approximate surface area is 87.1 Å². The number of carbonyl (C=O) groups excluding carboxylic acids is 1. The topological polar surface area (TPSA) is 60.2 Å². The molecule has 0 saturated heterocycles. The molecule has 0 N–H and O–H groups in total. The second-order valence-corrected chi connectivity index (χ2v) is 2.88. The molecule has 0 aliphatic rings. The van der Waals surface area contributed by atoms with Gasteiger partial charge in [-0.15, -0.1) is 0 Å². The normalized spacial score (nSPS) is 8.87. The molecule has 0 unspecified atom stereocenters. The fourth-order valence-corrected chi connectivity index (χ4v) is 1.14. The van der Waals surface area contributed by atoms with E-state index in [0.29, 0.717) is 17.4 Å². The molecule has 0 fully saturated rings. The molecule has 0 atom stereocenters. The van der Waals surface area contributed by atoms with Crippen LogP contribution in [0.3, 0.4) is 0 Å². The summed E-state index contributed by atoms with van der Waals surface area (Å²) < 4.78 is 0. The number of nitro groups is 1. The monoisotopic (exact) mass is 203 g/mol. The maximum absolute atomic E-state index is 10.6. The minimum absolute atomic E-state index is 0.0490. The van der Waals surface area contributed by atoms with Crippen molar-refractivity contribution in [3.05, 3.63) is 39.4 Å². The van der Waals surface area contributed by atoms with Gasteiger partial charge in [0.15, 0.2) is 0 Å². The number of nitro benzene ring substituents is 1. The Morgan fingerprint density at radius 1 is 1.53 bits per heavy atom. The third-order valence-electron chi connectivity index (χ3n) is 1.91. The van der Waals surface area contributed by atoms with Gasteiger partial charge >= 0.3 is 0 Å². The number of rotatable bonds is 2. The van der Waals surface area contributed by atoms with E-state index in [1.165, 1.54) is 6.07 Å². The fourth-order valence-electron chi connectivity index (χ4n) is 1.14. The molecule has 0 radical (unpaired) electrons. The van der Waals surface area contributed by atoms with E-state index in [4.69, 9.17) is 0 Å². The average molecular weight is 203 g/mol. The van der Waals surface area contributed by atoms with Crippen molar-refractivity contribution in [1.29, 1.82) is 0 Å². The van der Waals surface area contributed by atoms with Crippen molar-refractivity contribution >= 4 is 12.0 Å². The molecular weight excluding hydrogens is 194 g/mol. The van der Waals surface area contributed by atoms with Gasteiger partial charge in [-0.3, -0.25) is 10.1 Å². The smallest absolute Gasteiger partial charge is 0.273 e. The molecule has 0 aromatic heterocycles. The Hall–Kier alpha value is -2.15. The summed E-state index contributed by atoms with van der Waals surface area (Å²) in [6.45, 7) is 1.64. The maximum Gasteiger partial charge on any atom is 0.273 e. The summed E-state index contributed by atoms with van der Waals surface area (Å²) >= 11 is 0. The van der Waals surface area contributed by atoms with Crippen LogP contribution in [0.4, 0.5) is 5.69 Å². The zero-order chi connectivity index (χ0) is 11.3. The van der Waals surface area contributed by atoms with Crippen molar-refractivity contribution in [3.8, 4) is 11.8 Å². The van der Waals surface area contributed by atoms with Crippen LogP contribution in [0.25, 0.3) is 0 Å². The number of carbonyl (C=O) groups is 1. The Bertz CT molecular complexity index is 455. The van der Waals surface area contributed by atoms with E-state index >= 15 is 0 Å². The fraction of sp³-hybridized carbons (Fsp3) is 0.182. The molecule has 0 spiro atoms. The van der Waals surface area contributed by atoms with Crippen LogP contribution in [0.5, 0.6) is 0 Å². The number of hydrogen-bond acceptors (Lipinski definition) is 3. The maximum atomic E-state index is 10.6. The highest BCUT2D eigenvalue weighted by molar-refractivity contribution is 5.57. The predicted molar refractivity (Wildman–Crippen MR) is 55.4 cm³/mol. The van der Waals surface area contributed by atoms with Gasteiger partial charge in [-0.25, -0.2) is 0 Å². The van der Waals surface area contributed by atoms with Gasteiger partial charge in [0.25, 0.3) is 5.69 Å². The number of benzene rings is 1. The molecular formula is C11H9NO3. The zero-order valence-corrected chi connectivity index (χ0v) is 8.19. The first-order valence-corrected chi connectivity index (χ1v) is 4.33. The van der Waals surface area contributed by atoms with Crippen LogP contribution in [0, 0.1) is 28.9 Å². The molecule has 0 aliphatic carbocycles. The molecule has 0 bridgehead atoms. The van der Waals surface area contributed by atoms with E-state index in [0.717, 1.165) is 0 Å². The van der Waals surface area contributed by atoms with Crippen molar-refractivity contribution < 1.29 is 9.72 Å². The Balaban J connectivity index is 3.11. The van der Waals surface area contributed by atoms with E-state index in [1.54, 1.807) is 19.1 Å². The molecule has 0 amide bonds. The third kappa shape index (κ3) is 2.64. The van der Waals surface area contributed by atoms with Crippen LogP contribution in [0.1, 0.15) is 17.5 Å². The lowest BCUT2D eigenvalue weighted by Gasteiger charge is -1.98. The highest BCUT2D eigenvalue weighted by Gasteiger charge is 2.11. The Kier molecular flexibility index (Phi) is 3.58. The van der Waals surface area contributed by atoms with E-state index in [1.807, 2.05) is 0 Å². The molecule has 0 saturated carbocycles. The molecule has 76 valence electrons. The van der Waals surface area contributed by atoms with E-state index in [2.05, 4.69) is 11.8 Å². The van der Waals surface area contributed by atoms with Crippen molar-refractivity contribution in [3.63, 3.8) is 0 Å². The zero-order valence-electron chi connectivity index (χ0n) is 8.19. The molecule has 0 aliphatic heterocycles. The summed E-state index contributed by atoms with van der Waals surface area (Å²) in [4.78, 5) is 20.2. The van der Waals surface area contributed by atoms with E-state index < -0.39 is 4.92 Å². The quantitative estimate of drug-likeness (QED) is 0.319. The SMILES string of the molecule is Cc1c(C#CCC=O)cccc1[N+](=O)[O-]. The van der Waals surface area contributed by atoms with Gasteiger partial charge in [0.2, 0.25) is 0 Å². The van der Waals surface area contributed by atoms with Crippen molar-refractivity contribution in [2.24, 2.45) is 0 Å². The van der Waals surface area contributed by atoms with Gasteiger partial charge in [0.1, 0.15) is 6.29 Å². The largest absolute Gasteiger partial charge is 0.302 e. The number of nitrogens with zero attached hydrogens (tertiary/aromatic N) is 1. The molecule has 1 rings (SSSR count). The minimum Gasteiger partial charge on any atom is -0.302 e. The lowest BCUT2D eigenvalue weighted by Crippen LogP contribution is -1.93. The lowest BCUT2D eigenvalue weighted by atomic mass is 10.1. The van der Waals surface area contributed by atoms with Crippen LogP contribution in [0.2, 0.25) is 0 Å². The van der Waals surface area contributed by atoms with Crippen LogP contribution < -0.4 is 0 Å². The highest BCUT2D eigenvalue weighted by Crippen LogP contribution is 2.19. The standard InChI is InChI=1S/C11H9NO3/c1-9-10(5-2-3-8-13)6-4-7-11(9)12(14)15/h4,6-8H,3H2,1H3. The van der Waals surface area contributed by atoms with Crippen LogP contribution in [-0.2, 0) is 4.79 Å². The molecule has 4 nitrogen and oxygen atoms in total.